The number of hydrogen-bond acceptors (Lipinski definition) is 4. The Morgan fingerprint density at radius 1 is 1.23 bits per heavy atom. The molecule has 0 bridgehead atoms. The molecule has 2 N–H and O–H groups in total. The molecule has 2 aliphatic carbocycles. The molecule has 0 saturated heterocycles. The molecule has 2 fully saturated rings. The summed E-state index contributed by atoms with van der Waals surface area (Å²) < 4.78 is 0. The summed E-state index contributed by atoms with van der Waals surface area (Å²) in [4.78, 5) is 20.0. The molecule has 1 aromatic heterocycles. The number of fused-ring (bicyclic) bond motifs is 1. The van der Waals surface area contributed by atoms with Crippen LogP contribution >= 0.6 is 0 Å². The number of benzene rings is 1. The molecule has 1 spiro atoms. The Kier molecular flexibility index (Phi) is 4.33. The van der Waals surface area contributed by atoms with E-state index < -0.39 is 5.97 Å². The highest BCUT2D eigenvalue weighted by Crippen LogP contribution is 2.53. The standard InChI is InChI=1S/C21H27N3O2/c1-13(2)15-3-4-18-17(9-15)19(23-12-22-18)24-16-10-21(11-16)7-5-14(6-8-21)20(25)26/h3-4,9,12-14,16H,5-8,10-11H2,1-2H3,(H,25,26)(H,22,23,24). The highest BCUT2D eigenvalue weighted by molar-refractivity contribution is 5.89. The zero-order valence-electron chi connectivity index (χ0n) is 15.5. The average molecular weight is 353 g/mol. The van der Waals surface area contributed by atoms with Crippen LogP contribution < -0.4 is 5.32 Å². The van der Waals surface area contributed by atoms with E-state index in [4.69, 9.17) is 0 Å². The normalized spacial score (nSPS) is 28.3. The molecule has 0 aliphatic heterocycles. The van der Waals surface area contributed by atoms with Crippen molar-refractivity contribution in [2.24, 2.45) is 11.3 Å². The minimum Gasteiger partial charge on any atom is -0.481 e. The van der Waals surface area contributed by atoms with Gasteiger partial charge in [0.25, 0.3) is 0 Å². The molecule has 0 radical (unpaired) electrons. The van der Waals surface area contributed by atoms with Crippen molar-refractivity contribution in [1.82, 2.24) is 9.97 Å². The van der Waals surface area contributed by atoms with Gasteiger partial charge in [-0.05, 0) is 67.6 Å². The molecule has 2 aliphatic rings. The molecule has 2 saturated carbocycles. The van der Waals surface area contributed by atoms with Gasteiger partial charge in [0.15, 0.2) is 0 Å². The number of carboxylic acids is 1. The lowest BCUT2D eigenvalue weighted by molar-refractivity contribution is -0.144. The first-order valence-corrected chi connectivity index (χ1v) is 9.70. The second-order valence-corrected chi connectivity index (χ2v) is 8.52. The molecule has 5 heteroatoms. The first-order chi connectivity index (χ1) is 12.5. The molecule has 1 aromatic carbocycles. The highest BCUT2D eigenvalue weighted by Gasteiger charge is 2.47. The van der Waals surface area contributed by atoms with E-state index in [1.807, 2.05) is 0 Å². The number of rotatable bonds is 4. The largest absolute Gasteiger partial charge is 0.481 e. The number of hydrogen-bond donors (Lipinski definition) is 2. The Bertz CT molecular complexity index is 817. The molecule has 4 rings (SSSR count). The molecule has 5 nitrogen and oxygen atoms in total. The maximum atomic E-state index is 11.2. The van der Waals surface area contributed by atoms with Crippen LogP contribution in [-0.2, 0) is 4.79 Å². The van der Waals surface area contributed by atoms with Gasteiger partial charge < -0.3 is 10.4 Å². The average Bonchev–Trinajstić information content (AvgIpc) is 2.60. The van der Waals surface area contributed by atoms with Gasteiger partial charge in [0.1, 0.15) is 12.1 Å². The van der Waals surface area contributed by atoms with Crippen LogP contribution in [0, 0.1) is 11.3 Å². The predicted octanol–water partition coefficient (Wildman–Crippen LogP) is 4.59. The van der Waals surface area contributed by atoms with E-state index in [-0.39, 0.29) is 5.92 Å². The third-order valence-electron chi connectivity index (χ3n) is 6.42. The summed E-state index contributed by atoms with van der Waals surface area (Å²) in [5.74, 6) is 0.649. The van der Waals surface area contributed by atoms with Gasteiger partial charge >= 0.3 is 5.97 Å². The summed E-state index contributed by atoms with van der Waals surface area (Å²) in [6, 6.07) is 6.85. The number of aromatic nitrogens is 2. The molecule has 0 amide bonds. The van der Waals surface area contributed by atoms with Crippen molar-refractivity contribution in [2.45, 2.75) is 64.3 Å². The van der Waals surface area contributed by atoms with E-state index in [0.717, 1.165) is 55.2 Å². The number of carboxylic acid groups (broad SMARTS) is 1. The van der Waals surface area contributed by atoms with Gasteiger partial charge in [0.2, 0.25) is 0 Å². The Morgan fingerprint density at radius 3 is 2.62 bits per heavy atom. The Hall–Kier alpha value is -2.17. The fourth-order valence-electron chi connectivity index (χ4n) is 4.71. The maximum absolute atomic E-state index is 11.2. The first-order valence-electron chi connectivity index (χ1n) is 9.70. The monoisotopic (exact) mass is 353 g/mol. The maximum Gasteiger partial charge on any atom is 0.306 e. The second kappa shape index (κ2) is 6.53. The molecule has 138 valence electrons. The van der Waals surface area contributed by atoms with Crippen LogP contribution in [0.1, 0.15) is 63.9 Å². The van der Waals surface area contributed by atoms with Gasteiger partial charge in [-0.25, -0.2) is 9.97 Å². The van der Waals surface area contributed by atoms with Crippen molar-refractivity contribution in [3.63, 3.8) is 0 Å². The van der Waals surface area contributed by atoms with Gasteiger partial charge in [-0.15, -0.1) is 0 Å². The fourth-order valence-corrected chi connectivity index (χ4v) is 4.71. The zero-order valence-corrected chi connectivity index (χ0v) is 15.5. The molecular formula is C21H27N3O2. The Labute approximate surface area is 154 Å². The van der Waals surface area contributed by atoms with Crippen LogP contribution in [0.25, 0.3) is 10.9 Å². The summed E-state index contributed by atoms with van der Waals surface area (Å²) in [6.07, 6.45) is 7.62. The molecule has 26 heavy (non-hydrogen) atoms. The van der Waals surface area contributed by atoms with Crippen molar-refractivity contribution in [1.29, 1.82) is 0 Å². The van der Waals surface area contributed by atoms with E-state index in [9.17, 15) is 9.90 Å². The summed E-state index contributed by atoms with van der Waals surface area (Å²) in [7, 11) is 0. The van der Waals surface area contributed by atoms with Crippen LogP contribution in [-0.4, -0.2) is 27.1 Å². The molecule has 0 atom stereocenters. The van der Waals surface area contributed by atoms with Gasteiger partial charge in [-0.2, -0.15) is 0 Å². The Balaban J connectivity index is 1.45. The third-order valence-corrected chi connectivity index (χ3v) is 6.42. The summed E-state index contributed by atoms with van der Waals surface area (Å²) >= 11 is 0. The quantitative estimate of drug-likeness (QED) is 0.841. The van der Waals surface area contributed by atoms with Crippen molar-refractivity contribution in [2.75, 3.05) is 5.32 Å². The topological polar surface area (TPSA) is 75.1 Å². The van der Waals surface area contributed by atoms with Crippen molar-refractivity contribution < 1.29 is 9.90 Å². The van der Waals surface area contributed by atoms with Crippen molar-refractivity contribution >= 4 is 22.7 Å². The fraction of sp³-hybridized carbons (Fsp3) is 0.571. The number of anilines is 1. The zero-order chi connectivity index (χ0) is 18.3. The van der Waals surface area contributed by atoms with E-state index in [1.54, 1.807) is 6.33 Å². The van der Waals surface area contributed by atoms with Crippen LogP contribution in [0.2, 0.25) is 0 Å². The van der Waals surface area contributed by atoms with E-state index in [1.165, 1.54) is 5.56 Å². The lowest BCUT2D eigenvalue weighted by Gasteiger charge is -2.51. The van der Waals surface area contributed by atoms with Crippen LogP contribution in [0.3, 0.4) is 0 Å². The molecule has 2 aromatic rings. The van der Waals surface area contributed by atoms with E-state index in [2.05, 4.69) is 47.3 Å². The number of aliphatic carboxylic acids is 1. The SMILES string of the molecule is CC(C)c1ccc2ncnc(NC3CC4(CCC(C(=O)O)CC4)C3)c2c1. The lowest BCUT2D eigenvalue weighted by atomic mass is 9.57. The van der Waals surface area contributed by atoms with Gasteiger partial charge in [0, 0.05) is 11.4 Å². The Morgan fingerprint density at radius 2 is 1.96 bits per heavy atom. The molecule has 0 unspecified atom stereocenters. The smallest absolute Gasteiger partial charge is 0.306 e. The highest BCUT2D eigenvalue weighted by atomic mass is 16.4. The summed E-state index contributed by atoms with van der Waals surface area (Å²) in [6.45, 7) is 4.39. The molecule has 1 heterocycles. The minimum absolute atomic E-state index is 0.132. The van der Waals surface area contributed by atoms with Crippen LogP contribution in [0.4, 0.5) is 5.82 Å². The van der Waals surface area contributed by atoms with E-state index >= 15 is 0 Å². The summed E-state index contributed by atoms with van der Waals surface area (Å²) in [5, 5.41) is 13.9. The van der Waals surface area contributed by atoms with E-state index in [0.29, 0.717) is 17.4 Å². The minimum atomic E-state index is -0.623. The summed E-state index contributed by atoms with van der Waals surface area (Å²) in [5.41, 5.74) is 2.63. The number of nitrogens with one attached hydrogen (secondary N) is 1. The second-order valence-electron chi connectivity index (χ2n) is 8.52. The lowest BCUT2D eigenvalue weighted by Crippen LogP contribution is -2.47. The van der Waals surface area contributed by atoms with Gasteiger partial charge in [0.05, 0.1) is 11.4 Å². The number of carbonyl (C=O) groups is 1. The van der Waals surface area contributed by atoms with Gasteiger partial charge in [-0.3, -0.25) is 4.79 Å². The van der Waals surface area contributed by atoms with Gasteiger partial charge in [-0.1, -0.05) is 19.9 Å². The number of nitrogens with zero attached hydrogens (tertiary/aromatic N) is 2. The molecular weight excluding hydrogens is 326 g/mol. The predicted molar refractivity (Wildman–Crippen MR) is 102 cm³/mol. The van der Waals surface area contributed by atoms with Crippen molar-refractivity contribution in [3.8, 4) is 0 Å². The third kappa shape index (κ3) is 3.15. The van der Waals surface area contributed by atoms with Crippen LogP contribution in [0.5, 0.6) is 0 Å². The van der Waals surface area contributed by atoms with Crippen molar-refractivity contribution in [3.05, 3.63) is 30.1 Å². The van der Waals surface area contributed by atoms with Crippen LogP contribution in [0.15, 0.2) is 24.5 Å². The first kappa shape index (κ1) is 17.3.